The molecule has 1 amide bonds. The van der Waals surface area contributed by atoms with Gasteiger partial charge in [0.2, 0.25) is 0 Å². The smallest absolute Gasteiger partial charge is 0.268 e. The highest BCUT2D eigenvalue weighted by molar-refractivity contribution is 6.03. The van der Waals surface area contributed by atoms with E-state index in [-0.39, 0.29) is 17.9 Å². The van der Waals surface area contributed by atoms with Crippen LogP contribution in [0.4, 0.5) is 0 Å². The lowest BCUT2D eigenvalue weighted by Crippen LogP contribution is -2.33. The van der Waals surface area contributed by atoms with Crippen LogP contribution < -0.4 is 5.32 Å². The van der Waals surface area contributed by atoms with Crippen molar-refractivity contribution in [2.24, 2.45) is 0 Å². The molecule has 192 valence electrons. The van der Waals surface area contributed by atoms with Crippen molar-refractivity contribution < 1.29 is 4.79 Å². The fourth-order valence-electron chi connectivity index (χ4n) is 5.86. The first-order chi connectivity index (χ1) is 18.1. The SMILES string of the molecule is CC(C)NC(=O)c1c(C(c2ccccc2)c2ccccc2)c2ccccc2n1CCCCN1CCCC1. The molecule has 0 radical (unpaired) electrons. The number of aromatic nitrogens is 1. The second-order valence-corrected chi connectivity index (χ2v) is 10.6. The molecule has 1 saturated heterocycles. The Morgan fingerprint density at radius 3 is 1.97 bits per heavy atom. The average molecular weight is 494 g/mol. The maximum Gasteiger partial charge on any atom is 0.268 e. The summed E-state index contributed by atoms with van der Waals surface area (Å²) in [5.74, 6) is -0.0244. The first-order valence-electron chi connectivity index (χ1n) is 13.9. The summed E-state index contributed by atoms with van der Waals surface area (Å²) < 4.78 is 2.30. The van der Waals surface area contributed by atoms with E-state index in [2.05, 4.69) is 99.7 Å². The molecule has 5 rings (SSSR count). The number of nitrogens with zero attached hydrogens (tertiary/aromatic N) is 2. The third-order valence-electron chi connectivity index (χ3n) is 7.50. The maximum atomic E-state index is 13.9. The summed E-state index contributed by atoms with van der Waals surface area (Å²) >= 11 is 0. The number of amides is 1. The van der Waals surface area contributed by atoms with Crippen LogP contribution in [0.15, 0.2) is 84.9 Å². The first kappa shape index (κ1) is 25.3. The molecule has 0 saturated carbocycles. The Bertz CT molecular complexity index is 1260. The standard InChI is InChI=1S/C33H39N3O/c1-25(2)34-33(37)32-31(30(26-15-5-3-6-16-26)27-17-7-4-8-18-27)28-19-9-10-20-29(28)36(32)24-14-13-23-35-21-11-12-22-35/h3-10,15-20,25,30H,11-14,21-24H2,1-2H3,(H,34,37). The van der Waals surface area contributed by atoms with Crippen LogP contribution in [0.25, 0.3) is 10.9 Å². The quantitative estimate of drug-likeness (QED) is 0.246. The Balaban J connectivity index is 1.63. The Morgan fingerprint density at radius 1 is 0.784 bits per heavy atom. The van der Waals surface area contributed by atoms with E-state index in [1.54, 1.807) is 0 Å². The molecule has 1 aliphatic heterocycles. The highest BCUT2D eigenvalue weighted by Crippen LogP contribution is 2.40. The molecular weight excluding hydrogens is 454 g/mol. The van der Waals surface area contributed by atoms with E-state index in [1.165, 1.54) is 37.1 Å². The molecule has 1 aliphatic rings. The molecule has 4 nitrogen and oxygen atoms in total. The van der Waals surface area contributed by atoms with Gasteiger partial charge in [-0.3, -0.25) is 4.79 Å². The minimum absolute atomic E-state index is 0.0117. The van der Waals surface area contributed by atoms with E-state index in [4.69, 9.17) is 0 Å². The lowest BCUT2D eigenvalue weighted by atomic mass is 9.83. The van der Waals surface area contributed by atoms with Crippen LogP contribution in [-0.4, -0.2) is 41.1 Å². The van der Waals surface area contributed by atoms with Gasteiger partial charge < -0.3 is 14.8 Å². The van der Waals surface area contributed by atoms with Crippen LogP contribution in [-0.2, 0) is 6.54 Å². The second-order valence-electron chi connectivity index (χ2n) is 10.6. The van der Waals surface area contributed by atoms with Gasteiger partial charge in [-0.25, -0.2) is 0 Å². The predicted octanol–water partition coefficient (Wildman–Crippen LogP) is 6.84. The number of rotatable bonds is 10. The summed E-state index contributed by atoms with van der Waals surface area (Å²) in [6.07, 6.45) is 4.85. The van der Waals surface area contributed by atoms with Gasteiger partial charge in [0, 0.05) is 35.0 Å². The molecule has 1 N–H and O–H groups in total. The van der Waals surface area contributed by atoms with E-state index < -0.39 is 0 Å². The van der Waals surface area contributed by atoms with E-state index in [1.807, 2.05) is 13.8 Å². The summed E-state index contributed by atoms with van der Waals surface area (Å²) in [6, 6.07) is 29.9. The van der Waals surface area contributed by atoms with Gasteiger partial charge in [-0.15, -0.1) is 0 Å². The Kier molecular flexibility index (Phi) is 8.05. The number of likely N-dealkylation sites (tertiary alicyclic amines) is 1. The second kappa shape index (κ2) is 11.8. The van der Waals surface area contributed by atoms with E-state index in [9.17, 15) is 4.79 Å². The monoisotopic (exact) mass is 493 g/mol. The topological polar surface area (TPSA) is 37.3 Å². The number of aryl methyl sites for hydroxylation is 1. The van der Waals surface area contributed by atoms with Gasteiger partial charge in [0.25, 0.3) is 5.91 Å². The van der Waals surface area contributed by atoms with Crippen molar-refractivity contribution in [3.8, 4) is 0 Å². The fourth-order valence-corrected chi connectivity index (χ4v) is 5.86. The molecule has 0 spiro atoms. The predicted molar refractivity (Wildman–Crippen MR) is 153 cm³/mol. The minimum atomic E-state index is -0.0361. The number of para-hydroxylation sites is 1. The summed E-state index contributed by atoms with van der Waals surface area (Å²) in [7, 11) is 0. The first-order valence-corrected chi connectivity index (χ1v) is 13.9. The third-order valence-corrected chi connectivity index (χ3v) is 7.50. The number of hydrogen-bond donors (Lipinski definition) is 1. The molecule has 0 unspecified atom stereocenters. The molecule has 1 fully saturated rings. The number of unbranched alkanes of at least 4 members (excludes halogenated alkanes) is 1. The molecule has 0 aliphatic carbocycles. The van der Waals surface area contributed by atoms with Crippen LogP contribution in [0.5, 0.6) is 0 Å². The van der Waals surface area contributed by atoms with Crippen molar-refractivity contribution in [2.75, 3.05) is 19.6 Å². The molecule has 37 heavy (non-hydrogen) atoms. The Labute approximate surface area is 221 Å². The molecule has 4 aromatic rings. The normalized spacial score (nSPS) is 14.2. The van der Waals surface area contributed by atoms with Gasteiger partial charge in [0.1, 0.15) is 5.69 Å². The summed E-state index contributed by atoms with van der Waals surface area (Å²) in [5.41, 5.74) is 5.44. The van der Waals surface area contributed by atoms with Gasteiger partial charge in [0.15, 0.2) is 0 Å². The molecule has 0 bridgehead atoms. The van der Waals surface area contributed by atoms with Crippen LogP contribution in [0.3, 0.4) is 0 Å². The number of hydrogen-bond acceptors (Lipinski definition) is 2. The molecule has 0 atom stereocenters. The van der Waals surface area contributed by atoms with E-state index in [0.717, 1.165) is 48.1 Å². The number of carbonyl (C=O) groups is 1. The lowest BCUT2D eigenvalue weighted by molar-refractivity contribution is 0.0932. The van der Waals surface area contributed by atoms with Crippen LogP contribution in [0.1, 0.15) is 72.6 Å². The third kappa shape index (κ3) is 5.65. The molecule has 1 aromatic heterocycles. The van der Waals surface area contributed by atoms with Gasteiger partial charge in [-0.05, 0) is 76.4 Å². The zero-order chi connectivity index (χ0) is 25.6. The van der Waals surface area contributed by atoms with Crippen molar-refractivity contribution >= 4 is 16.8 Å². The lowest BCUT2D eigenvalue weighted by Gasteiger charge is -2.21. The van der Waals surface area contributed by atoms with Crippen LogP contribution in [0, 0.1) is 0 Å². The van der Waals surface area contributed by atoms with E-state index in [0.29, 0.717) is 0 Å². The summed E-state index contributed by atoms with van der Waals surface area (Å²) in [6.45, 7) is 8.52. The molecule has 3 aromatic carbocycles. The van der Waals surface area contributed by atoms with Gasteiger partial charge in [-0.1, -0.05) is 78.9 Å². The number of nitrogens with one attached hydrogen (secondary N) is 1. The van der Waals surface area contributed by atoms with Gasteiger partial charge in [-0.2, -0.15) is 0 Å². The maximum absolute atomic E-state index is 13.9. The highest BCUT2D eigenvalue weighted by atomic mass is 16.2. The van der Waals surface area contributed by atoms with Crippen molar-refractivity contribution in [1.82, 2.24) is 14.8 Å². The zero-order valence-corrected chi connectivity index (χ0v) is 22.2. The summed E-state index contributed by atoms with van der Waals surface area (Å²) in [4.78, 5) is 16.5. The highest BCUT2D eigenvalue weighted by Gasteiger charge is 2.30. The molecule has 2 heterocycles. The van der Waals surface area contributed by atoms with Gasteiger partial charge >= 0.3 is 0 Å². The van der Waals surface area contributed by atoms with Crippen molar-refractivity contribution in [3.63, 3.8) is 0 Å². The Hall–Kier alpha value is -3.37. The fraction of sp³-hybridized carbons (Fsp3) is 0.364. The van der Waals surface area contributed by atoms with E-state index >= 15 is 0 Å². The molecular formula is C33H39N3O. The van der Waals surface area contributed by atoms with Crippen molar-refractivity contribution in [2.45, 2.75) is 58.0 Å². The number of fused-ring (bicyclic) bond motifs is 1. The number of benzene rings is 3. The minimum Gasteiger partial charge on any atom is -0.349 e. The zero-order valence-electron chi connectivity index (χ0n) is 22.2. The largest absolute Gasteiger partial charge is 0.349 e. The van der Waals surface area contributed by atoms with Crippen LogP contribution >= 0.6 is 0 Å². The van der Waals surface area contributed by atoms with Crippen molar-refractivity contribution in [3.05, 3.63) is 107 Å². The average Bonchev–Trinajstić information content (AvgIpc) is 3.54. The molecule has 4 heteroatoms. The van der Waals surface area contributed by atoms with Crippen molar-refractivity contribution in [1.29, 1.82) is 0 Å². The van der Waals surface area contributed by atoms with Gasteiger partial charge in [0.05, 0.1) is 0 Å². The Morgan fingerprint density at radius 2 is 1.35 bits per heavy atom. The van der Waals surface area contributed by atoms with Crippen LogP contribution in [0.2, 0.25) is 0 Å². The summed E-state index contributed by atoms with van der Waals surface area (Å²) in [5, 5.41) is 4.39. The number of carbonyl (C=O) groups excluding carboxylic acids is 1.